The van der Waals surface area contributed by atoms with Gasteiger partial charge in [-0.3, -0.25) is 9.89 Å². The summed E-state index contributed by atoms with van der Waals surface area (Å²) >= 11 is 0. The minimum atomic E-state index is 0.107. The van der Waals surface area contributed by atoms with Gasteiger partial charge in [-0.25, -0.2) is 0 Å². The van der Waals surface area contributed by atoms with Gasteiger partial charge in [0.15, 0.2) is 0 Å². The Balaban J connectivity index is 1.52. The quantitative estimate of drug-likeness (QED) is 0.549. The summed E-state index contributed by atoms with van der Waals surface area (Å²) in [4.78, 5) is 15.5. The zero-order chi connectivity index (χ0) is 20.0. The summed E-state index contributed by atoms with van der Waals surface area (Å²) in [6.07, 6.45) is 3.91. The van der Waals surface area contributed by atoms with Gasteiger partial charge >= 0.3 is 0 Å². The van der Waals surface area contributed by atoms with Crippen LogP contribution in [0.5, 0.6) is 0 Å². The number of H-pyrrole nitrogens is 1. The fourth-order valence-corrected chi connectivity index (χ4v) is 4.52. The maximum absolute atomic E-state index is 13.5. The first-order valence-electron chi connectivity index (χ1n) is 10.1. The number of aryl methyl sites for hydroxylation is 2. The van der Waals surface area contributed by atoms with Crippen LogP contribution in [0.15, 0.2) is 60.8 Å². The number of hydrogen-bond donors (Lipinski definition) is 1. The molecule has 0 bridgehead atoms. The smallest absolute Gasteiger partial charge is 0.271 e. The Hall–Kier alpha value is -3.34. The molecule has 4 aromatic rings. The van der Waals surface area contributed by atoms with Gasteiger partial charge in [-0.05, 0) is 43.0 Å². The van der Waals surface area contributed by atoms with Gasteiger partial charge in [0.1, 0.15) is 5.69 Å². The standard InChI is InChI=1S/C24H24N4O/c1-16-20(15-25-26-16)18-10-11-19-14-23(27(2)22(19)13-18)24(29)28-12-6-9-21(28)17-7-4-3-5-8-17/h3-5,7-8,10-11,13-15,21H,6,9,12H2,1-2H3,(H,25,26)/t21-/m1/s1. The summed E-state index contributed by atoms with van der Waals surface area (Å²) in [6.45, 7) is 2.82. The second-order valence-electron chi connectivity index (χ2n) is 7.84. The van der Waals surface area contributed by atoms with Crippen LogP contribution >= 0.6 is 0 Å². The molecule has 0 radical (unpaired) electrons. The van der Waals surface area contributed by atoms with Crippen molar-refractivity contribution in [3.8, 4) is 11.1 Å². The van der Waals surface area contributed by atoms with Gasteiger partial charge in [0, 0.05) is 35.8 Å². The van der Waals surface area contributed by atoms with E-state index in [0.29, 0.717) is 0 Å². The summed E-state index contributed by atoms with van der Waals surface area (Å²) in [7, 11) is 1.98. The van der Waals surface area contributed by atoms with Crippen molar-refractivity contribution in [1.82, 2.24) is 19.7 Å². The molecule has 3 heterocycles. The molecule has 1 atom stereocenters. The maximum Gasteiger partial charge on any atom is 0.271 e. The van der Waals surface area contributed by atoms with Gasteiger partial charge in [0.2, 0.25) is 0 Å². The van der Waals surface area contributed by atoms with Crippen LogP contribution in [-0.2, 0) is 7.05 Å². The largest absolute Gasteiger partial charge is 0.340 e. The number of benzene rings is 2. The molecule has 1 aliphatic rings. The van der Waals surface area contributed by atoms with E-state index < -0.39 is 0 Å². The van der Waals surface area contributed by atoms with Crippen LogP contribution in [0.25, 0.3) is 22.0 Å². The number of aromatic amines is 1. The highest BCUT2D eigenvalue weighted by atomic mass is 16.2. The normalized spacial score (nSPS) is 16.6. The van der Waals surface area contributed by atoms with Gasteiger partial charge in [-0.1, -0.05) is 42.5 Å². The third kappa shape index (κ3) is 2.94. The number of hydrogen-bond acceptors (Lipinski definition) is 2. The minimum Gasteiger partial charge on any atom is -0.340 e. The molecular formula is C24H24N4O. The van der Waals surface area contributed by atoms with Gasteiger partial charge in [-0.2, -0.15) is 5.10 Å². The lowest BCUT2D eigenvalue weighted by Crippen LogP contribution is -2.31. The highest BCUT2D eigenvalue weighted by Crippen LogP contribution is 2.34. The van der Waals surface area contributed by atoms with Crippen LogP contribution in [0.3, 0.4) is 0 Å². The van der Waals surface area contributed by atoms with Crippen molar-refractivity contribution in [3.63, 3.8) is 0 Å². The van der Waals surface area contributed by atoms with Gasteiger partial charge in [-0.15, -0.1) is 0 Å². The van der Waals surface area contributed by atoms with Crippen LogP contribution in [0.4, 0.5) is 0 Å². The molecule has 1 saturated heterocycles. The first-order chi connectivity index (χ1) is 14.1. The molecule has 2 aromatic heterocycles. The van der Waals surface area contributed by atoms with Crippen molar-refractivity contribution in [1.29, 1.82) is 0 Å². The van der Waals surface area contributed by atoms with Crippen LogP contribution in [0.1, 0.15) is 40.6 Å². The van der Waals surface area contributed by atoms with E-state index >= 15 is 0 Å². The Bertz CT molecular complexity index is 1190. The summed E-state index contributed by atoms with van der Waals surface area (Å²) in [5.41, 5.74) is 6.25. The highest BCUT2D eigenvalue weighted by molar-refractivity contribution is 6.00. The Kier molecular flexibility index (Phi) is 4.23. The lowest BCUT2D eigenvalue weighted by atomic mass is 10.0. The van der Waals surface area contributed by atoms with Crippen molar-refractivity contribution in [2.45, 2.75) is 25.8 Å². The highest BCUT2D eigenvalue weighted by Gasteiger charge is 2.32. The Labute approximate surface area is 170 Å². The fraction of sp³-hybridized carbons (Fsp3) is 0.250. The zero-order valence-electron chi connectivity index (χ0n) is 16.7. The summed E-state index contributed by atoms with van der Waals surface area (Å²) in [6, 6.07) is 18.9. The number of rotatable bonds is 3. The van der Waals surface area contributed by atoms with Crippen LogP contribution in [0, 0.1) is 6.92 Å². The van der Waals surface area contributed by atoms with Crippen molar-refractivity contribution in [3.05, 3.63) is 77.7 Å². The minimum absolute atomic E-state index is 0.107. The molecule has 1 amide bonds. The molecule has 1 N–H and O–H groups in total. The van der Waals surface area contributed by atoms with Crippen molar-refractivity contribution >= 4 is 16.8 Å². The number of amides is 1. The van der Waals surface area contributed by atoms with E-state index in [1.54, 1.807) is 0 Å². The zero-order valence-corrected chi connectivity index (χ0v) is 16.7. The topological polar surface area (TPSA) is 53.9 Å². The molecule has 0 spiro atoms. The molecule has 5 rings (SSSR count). The number of fused-ring (bicyclic) bond motifs is 1. The Morgan fingerprint density at radius 2 is 1.97 bits per heavy atom. The lowest BCUT2D eigenvalue weighted by Gasteiger charge is -2.25. The Morgan fingerprint density at radius 1 is 1.14 bits per heavy atom. The average molecular weight is 384 g/mol. The maximum atomic E-state index is 13.5. The molecule has 146 valence electrons. The van der Waals surface area contributed by atoms with E-state index in [1.165, 1.54) is 5.56 Å². The molecule has 0 unspecified atom stereocenters. The second-order valence-corrected chi connectivity index (χ2v) is 7.84. The number of nitrogens with one attached hydrogen (secondary N) is 1. The molecule has 5 nitrogen and oxygen atoms in total. The van der Waals surface area contributed by atoms with Gasteiger partial charge < -0.3 is 9.47 Å². The SMILES string of the molecule is Cc1[nH]ncc1-c1ccc2cc(C(=O)N3CCC[C@@H]3c3ccccc3)n(C)c2c1. The predicted octanol–water partition coefficient (Wildman–Crippen LogP) is 4.85. The van der Waals surface area contributed by atoms with Crippen LogP contribution < -0.4 is 0 Å². The first-order valence-corrected chi connectivity index (χ1v) is 10.1. The van der Waals surface area contributed by atoms with Crippen LogP contribution in [0.2, 0.25) is 0 Å². The van der Waals surface area contributed by atoms with E-state index in [4.69, 9.17) is 0 Å². The fourth-order valence-electron chi connectivity index (χ4n) is 4.52. The average Bonchev–Trinajstić information content (AvgIpc) is 3.47. The summed E-state index contributed by atoms with van der Waals surface area (Å²) < 4.78 is 2.02. The number of likely N-dealkylation sites (tertiary alicyclic amines) is 1. The molecule has 0 saturated carbocycles. The third-order valence-electron chi connectivity index (χ3n) is 6.10. The number of carbonyl (C=O) groups is 1. The molecular weight excluding hydrogens is 360 g/mol. The van der Waals surface area contributed by atoms with E-state index in [0.717, 1.165) is 52.8 Å². The number of aromatic nitrogens is 3. The van der Waals surface area contributed by atoms with E-state index in [9.17, 15) is 4.79 Å². The molecule has 2 aromatic carbocycles. The Morgan fingerprint density at radius 3 is 2.72 bits per heavy atom. The van der Waals surface area contributed by atoms with E-state index in [1.807, 2.05) is 53.9 Å². The molecule has 1 aliphatic heterocycles. The summed E-state index contributed by atoms with van der Waals surface area (Å²) in [5.74, 6) is 0.107. The van der Waals surface area contributed by atoms with E-state index in [2.05, 4.69) is 40.5 Å². The van der Waals surface area contributed by atoms with Crippen molar-refractivity contribution < 1.29 is 4.79 Å². The summed E-state index contributed by atoms with van der Waals surface area (Å²) in [5, 5.41) is 8.20. The lowest BCUT2D eigenvalue weighted by molar-refractivity contribution is 0.0726. The molecule has 1 fully saturated rings. The number of carbonyl (C=O) groups excluding carboxylic acids is 1. The molecule has 0 aliphatic carbocycles. The third-order valence-corrected chi connectivity index (χ3v) is 6.10. The first kappa shape index (κ1) is 17.7. The number of nitrogens with zero attached hydrogens (tertiary/aromatic N) is 3. The monoisotopic (exact) mass is 384 g/mol. The second kappa shape index (κ2) is 6.92. The molecule has 29 heavy (non-hydrogen) atoms. The van der Waals surface area contributed by atoms with Gasteiger partial charge in [0.25, 0.3) is 5.91 Å². The van der Waals surface area contributed by atoms with E-state index in [-0.39, 0.29) is 11.9 Å². The predicted molar refractivity (Wildman–Crippen MR) is 115 cm³/mol. The van der Waals surface area contributed by atoms with Crippen molar-refractivity contribution in [2.75, 3.05) is 6.54 Å². The van der Waals surface area contributed by atoms with Crippen LogP contribution in [-0.4, -0.2) is 32.1 Å². The molecule has 5 heteroatoms. The van der Waals surface area contributed by atoms with Crippen molar-refractivity contribution in [2.24, 2.45) is 7.05 Å². The van der Waals surface area contributed by atoms with Gasteiger partial charge in [0.05, 0.1) is 12.2 Å².